The molecule has 5 atom stereocenters. The summed E-state index contributed by atoms with van der Waals surface area (Å²) in [5, 5.41) is 3.87. The summed E-state index contributed by atoms with van der Waals surface area (Å²) in [6.07, 6.45) is 28.5. The molecule has 1 aromatic carbocycles. The van der Waals surface area contributed by atoms with E-state index in [0.717, 1.165) is 37.0 Å². The molecule has 300 valence electrons. The minimum Gasteiger partial charge on any atom is -0.497 e. The molecule has 1 heterocycles. The predicted octanol–water partition coefficient (Wildman–Crippen LogP) is 12.4. The van der Waals surface area contributed by atoms with Crippen LogP contribution in [0.3, 0.4) is 0 Å². The van der Waals surface area contributed by atoms with E-state index < -0.39 is 30.7 Å². The summed E-state index contributed by atoms with van der Waals surface area (Å²) in [6, 6.07) is 7.84. The Bertz CT molecular complexity index is 992. The van der Waals surface area contributed by atoms with E-state index in [2.05, 4.69) is 23.9 Å². The third kappa shape index (κ3) is 21.1. The lowest BCUT2D eigenvalue weighted by Gasteiger charge is -2.45. The van der Waals surface area contributed by atoms with Gasteiger partial charge in [-0.25, -0.2) is 0 Å². The smallest absolute Gasteiger partial charge is 0.186 e. The van der Waals surface area contributed by atoms with Gasteiger partial charge in [-0.1, -0.05) is 172 Å². The monoisotopic (exact) mass is 732 g/mol. The molecule has 9 heteroatoms. The second kappa shape index (κ2) is 32.6. The number of hydrogen-bond acceptors (Lipinski definition) is 7. The van der Waals surface area contributed by atoms with Crippen LogP contribution < -0.4 is 4.74 Å². The van der Waals surface area contributed by atoms with Crippen LogP contribution in [-0.2, 0) is 30.3 Å². The summed E-state index contributed by atoms with van der Waals surface area (Å²) in [5.74, 6) is 0.795. The molecule has 0 amide bonds. The van der Waals surface area contributed by atoms with Crippen LogP contribution in [0, 0.1) is 0 Å². The first kappa shape index (κ1) is 46.3. The number of ether oxygens (including phenoxy) is 6. The SMILES string of the molecule is CCCCCCCCCCCCCCO[C@@H]1[C@@H](OCCCCCCCCCCCCCC)[C@@H](OC)O[C@H](CN=[N+]=[N-])[C@H]1OCc1ccc(OC)cc1. The highest BCUT2D eigenvalue weighted by molar-refractivity contribution is 5.26. The topological polar surface area (TPSA) is 104 Å². The van der Waals surface area contributed by atoms with E-state index in [1.54, 1.807) is 14.2 Å². The van der Waals surface area contributed by atoms with Crippen molar-refractivity contribution in [1.82, 2.24) is 0 Å². The van der Waals surface area contributed by atoms with Crippen molar-refractivity contribution in [3.05, 3.63) is 40.3 Å². The van der Waals surface area contributed by atoms with Gasteiger partial charge >= 0.3 is 0 Å². The largest absolute Gasteiger partial charge is 0.497 e. The van der Waals surface area contributed by atoms with Crippen LogP contribution in [0.4, 0.5) is 0 Å². The molecule has 0 spiro atoms. The van der Waals surface area contributed by atoms with Crippen LogP contribution in [0.2, 0.25) is 0 Å². The molecule has 2 rings (SSSR count). The van der Waals surface area contributed by atoms with Crippen molar-refractivity contribution < 1.29 is 28.4 Å². The molecule has 0 aliphatic carbocycles. The van der Waals surface area contributed by atoms with E-state index in [4.69, 9.17) is 34.0 Å². The van der Waals surface area contributed by atoms with Crippen molar-refractivity contribution in [3.63, 3.8) is 0 Å². The minimum absolute atomic E-state index is 0.119. The van der Waals surface area contributed by atoms with Crippen LogP contribution in [-0.4, -0.2) is 64.7 Å². The van der Waals surface area contributed by atoms with Gasteiger partial charge in [0.1, 0.15) is 24.1 Å². The molecule has 0 N–H and O–H groups in total. The summed E-state index contributed by atoms with van der Waals surface area (Å²) in [5.41, 5.74) is 10.2. The first-order chi connectivity index (χ1) is 25.7. The molecule has 0 saturated carbocycles. The summed E-state index contributed by atoms with van der Waals surface area (Å²) < 4.78 is 37.3. The molecule has 1 aliphatic rings. The fourth-order valence-electron chi connectivity index (χ4n) is 7.14. The molecule has 9 nitrogen and oxygen atoms in total. The van der Waals surface area contributed by atoms with Gasteiger partial charge < -0.3 is 28.4 Å². The first-order valence-corrected chi connectivity index (χ1v) is 21.3. The summed E-state index contributed by atoms with van der Waals surface area (Å²) in [4.78, 5) is 3.01. The van der Waals surface area contributed by atoms with Gasteiger partial charge in [-0.05, 0) is 36.1 Å². The molecule has 52 heavy (non-hydrogen) atoms. The number of azide groups is 1. The van der Waals surface area contributed by atoms with Gasteiger partial charge in [-0.15, -0.1) is 0 Å². The summed E-state index contributed by atoms with van der Waals surface area (Å²) in [6.45, 7) is 6.23. The van der Waals surface area contributed by atoms with E-state index in [-0.39, 0.29) is 6.54 Å². The zero-order valence-electron chi connectivity index (χ0n) is 33.8. The normalized spacial score (nSPS) is 20.2. The highest BCUT2D eigenvalue weighted by atomic mass is 16.7. The lowest BCUT2D eigenvalue weighted by molar-refractivity contribution is -0.312. The van der Waals surface area contributed by atoms with Crippen molar-refractivity contribution in [1.29, 1.82) is 0 Å². The summed E-state index contributed by atoms with van der Waals surface area (Å²) >= 11 is 0. The average Bonchev–Trinajstić information content (AvgIpc) is 3.17. The van der Waals surface area contributed by atoms with E-state index >= 15 is 0 Å². The van der Waals surface area contributed by atoms with E-state index in [1.807, 2.05) is 24.3 Å². The molecule has 1 saturated heterocycles. The van der Waals surface area contributed by atoms with Crippen molar-refractivity contribution in [2.24, 2.45) is 5.11 Å². The molecule has 1 fully saturated rings. The minimum atomic E-state index is -0.649. The van der Waals surface area contributed by atoms with Gasteiger partial charge in [0.2, 0.25) is 0 Å². The van der Waals surface area contributed by atoms with E-state index in [0.29, 0.717) is 19.8 Å². The lowest BCUT2D eigenvalue weighted by Crippen LogP contribution is -2.61. The average molecular weight is 732 g/mol. The number of rotatable bonds is 35. The Labute approximate surface area is 318 Å². The molecular formula is C43H77N3O6. The highest BCUT2D eigenvalue weighted by Crippen LogP contribution is 2.31. The maximum absolute atomic E-state index is 9.17. The van der Waals surface area contributed by atoms with Gasteiger partial charge in [-0.3, -0.25) is 0 Å². The molecule has 0 aromatic heterocycles. The number of hydrogen-bond donors (Lipinski definition) is 0. The zero-order chi connectivity index (χ0) is 37.3. The van der Waals surface area contributed by atoms with Gasteiger partial charge in [0.05, 0.1) is 26.4 Å². The Balaban J connectivity index is 1.92. The highest BCUT2D eigenvalue weighted by Gasteiger charge is 2.48. The Morgan fingerprint density at radius 1 is 0.577 bits per heavy atom. The zero-order valence-corrected chi connectivity index (χ0v) is 33.8. The number of nitrogens with zero attached hydrogens (tertiary/aromatic N) is 3. The maximum Gasteiger partial charge on any atom is 0.186 e. The molecule has 0 radical (unpaired) electrons. The first-order valence-electron chi connectivity index (χ1n) is 21.3. The van der Waals surface area contributed by atoms with Gasteiger partial charge in [-0.2, -0.15) is 0 Å². The Morgan fingerprint density at radius 3 is 1.44 bits per heavy atom. The standard InChI is InChI=1S/C43H77N3O6/c1-5-7-9-11-13-15-17-19-21-23-25-27-33-49-41-40(51-36-37-29-31-38(47-3)32-30-37)39(35-45-46-44)52-43(48-4)42(41)50-34-28-26-24-22-20-18-16-14-12-10-8-6-2/h29-32,39-43H,5-28,33-36H2,1-4H3/t39-,40-,41+,42-,43+/m1/s1. The number of methoxy groups -OCH3 is 2. The number of benzene rings is 1. The predicted molar refractivity (Wildman–Crippen MR) is 213 cm³/mol. The van der Waals surface area contributed by atoms with Crippen LogP contribution >= 0.6 is 0 Å². The molecule has 1 aromatic rings. The van der Waals surface area contributed by atoms with Crippen molar-refractivity contribution >= 4 is 0 Å². The Kier molecular flexibility index (Phi) is 29.0. The lowest BCUT2D eigenvalue weighted by atomic mass is 9.97. The van der Waals surface area contributed by atoms with Gasteiger partial charge in [0.25, 0.3) is 0 Å². The fraction of sp³-hybridized carbons (Fsp3) is 0.860. The maximum atomic E-state index is 9.17. The van der Waals surface area contributed by atoms with Crippen molar-refractivity contribution in [3.8, 4) is 5.75 Å². The quantitative estimate of drug-likeness (QED) is 0.0298. The van der Waals surface area contributed by atoms with E-state index in [9.17, 15) is 0 Å². The van der Waals surface area contributed by atoms with Crippen molar-refractivity contribution in [2.75, 3.05) is 34.0 Å². The van der Waals surface area contributed by atoms with Gasteiger partial charge in [0.15, 0.2) is 6.29 Å². The fourth-order valence-corrected chi connectivity index (χ4v) is 7.14. The van der Waals surface area contributed by atoms with Gasteiger partial charge in [0, 0.05) is 25.2 Å². The molecule has 0 bridgehead atoms. The number of unbranched alkanes of at least 4 members (excludes halogenated alkanes) is 22. The molecule has 0 unspecified atom stereocenters. The second-order valence-corrected chi connectivity index (χ2v) is 14.8. The molecule has 1 aliphatic heterocycles. The third-order valence-electron chi connectivity index (χ3n) is 10.4. The summed E-state index contributed by atoms with van der Waals surface area (Å²) in [7, 11) is 3.30. The van der Waals surface area contributed by atoms with Crippen LogP contribution in [0.25, 0.3) is 10.4 Å². The second-order valence-electron chi connectivity index (χ2n) is 14.8. The van der Waals surface area contributed by atoms with Crippen LogP contribution in [0.1, 0.15) is 174 Å². The molecular weight excluding hydrogens is 654 g/mol. The van der Waals surface area contributed by atoms with E-state index in [1.165, 1.54) is 128 Å². The third-order valence-corrected chi connectivity index (χ3v) is 10.4. The van der Waals surface area contributed by atoms with Crippen LogP contribution in [0.5, 0.6) is 5.75 Å². The Morgan fingerprint density at radius 2 is 1.02 bits per heavy atom. The Hall–Kier alpha value is -1.87. The van der Waals surface area contributed by atoms with Crippen LogP contribution in [0.15, 0.2) is 29.4 Å². The van der Waals surface area contributed by atoms with Crippen molar-refractivity contribution in [2.45, 2.75) is 205 Å².